The molecular weight excluding hydrogens is 201 g/mol. The van der Waals surface area contributed by atoms with Gasteiger partial charge in [0.25, 0.3) is 0 Å². The summed E-state index contributed by atoms with van der Waals surface area (Å²) in [5.41, 5.74) is 0.512. The van der Waals surface area contributed by atoms with E-state index in [-0.39, 0.29) is 11.9 Å². The highest BCUT2D eigenvalue weighted by atomic mass is 35.5. The van der Waals surface area contributed by atoms with Gasteiger partial charge >= 0.3 is 0 Å². The zero-order valence-corrected chi connectivity index (χ0v) is 8.61. The van der Waals surface area contributed by atoms with Gasteiger partial charge in [-0.15, -0.1) is 12.3 Å². The van der Waals surface area contributed by atoms with Crippen LogP contribution in [0.4, 0.5) is 4.39 Å². The van der Waals surface area contributed by atoms with E-state index >= 15 is 0 Å². The van der Waals surface area contributed by atoms with E-state index in [1.165, 1.54) is 12.1 Å². The van der Waals surface area contributed by atoms with E-state index in [4.69, 9.17) is 18.0 Å². The van der Waals surface area contributed by atoms with Gasteiger partial charge in [0.05, 0.1) is 0 Å². The first-order valence-electron chi connectivity index (χ1n) is 4.24. The Morgan fingerprint density at radius 1 is 1.64 bits per heavy atom. The van der Waals surface area contributed by atoms with Crippen LogP contribution in [0.15, 0.2) is 18.2 Å². The average molecular weight is 212 g/mol. The monoisotopic (exact) mass is 211 g/mol. The van der Waals surface area contributed by atoms with Crippen molar-refractivity contribution in [1.29, 1.82) is 0 Å². The van der Waals surface area contributed by atoms with Gasteiger partial charge in [-0.1, -0.05) is 11.6 Å². The number of hydrogen-bond donors (Lipinski definition) is 1. The van der Waals surface area contributed by atoms with Crippen LogP contribution in [-0.4, -0.2) is 7.05 Å². The molecule has 74 valence electrons. The van der Waals surface area contributed by atoms with Gasteiger partial charge in [0.15, 0.2) is 0 Å². The van der Waals surface area contributed by atoms with Gasteiger partial charge < -0.3 is 5.32 Å². The maximum Gasteiger partial charge on any atom is 0.128 e. The molecule has 1 N–H and O–H groups in total. The predicted octanol–water partition coefficient (Wildman–Crippen LogP) is 2.76. The van der Waals surface area contributed by atoms with Crippen LogP contribution >= 0.6 is 11.6 Å². The minimum absolute atomic E-state index is 0.182. The van der Waals surface area contributed by atoms with E-state index in [0.29, 0.717) is 17.0 Å². The third-order valence-electron chi connectivity index (χ3n) is 2.00. The van der Waals surface area contributed by atoms with Crippen LogP contribution in [0.5, 0.6) is 0 Å². The quantitative estimate of drug-likeness (QED) is 0.759. The third kappa shape index (κ3) is 2.47. The largest absolute Gasteiger partial charge is 0.312 e. The van der Waals surface area contributed by atoms with Crippen LogP contribution in [0.1, 0.15) is 18.0 Å². The first-order valence-corrected chi connectivity index (χ1v) is 4.62. The Labute approximate surface area is 88.3 Å². The molecule has 0 aliphatic heterocycles. The van der Waals surface area contributed by atoms with E-state index < -0.39 is 0 Å². The molecule has 0 aliphatic rings. The van der Waals surface area contributed by atoms with Gasteiger partial charge in [0, 0.05) is 23.0 Å². The average Bonchev–Trinajstić information content (AvgIpc) is 2.18. The summed E-state index contributed by atoms with van der Waals surface area (Å²) >= 11 is 5.77. The summed E-state index contributed by atoms with van der Waals surface area (Å²) in [5, 5.41) is 3.46. The second-order valence-corrected chi connectivity index (χ2v) is 3.35. The lowest BCUT2D eigenvalue weighted by atomic mass is 10.0. The Balaban J connectivity index is 3.03. The smallest absolute Gasteiger partial charge is 0.128 e. The summed E-state index contributed by atoms with van der Waals surface area (Å²) in [6.45, 7) is 0. The molecule has 0 spiro atoms. The normalized spacial score (nSPS) is 12.1. The van der Waals surface area contributed by atoms with Gasteiger partial charge in [-0.2, -0.15) is 0 Å². The van der Waals surface area contributed by atoms with E-state index in [1.54, 1.807) is 13.1 Å². The zero-order chi connectivity index (χ0) is 10.6. The van der Waals surface area contributed by atoms with Crippen molar-refractivity contribution in [2.75, 3.05) is 7.05 Å². The van der Waals surface area contributed by atoms with Gasteiger partial charge in [-0.3, -0.25) is 0 Å². The van der Waals surface area contributed by atoms with E-state index in [0.717, 1.165) is 0 Å². The molecule has 1 aromatic rings. The molecule has 0 aliphatic carbocycles. The standard InChI is InChI=1S/C11H11ClFN/c1-3-4-11(14-2)9-7-8(12)5-6-10(9)13/h1,5-7,11,14H,4H2,2H3. The first-order chi connectivity index (χ1) is 6.69. The van der Waals surface area contributed by atoms with Crippen LogP contribution in [0.25, 0.3) is 0 Å². The SMILES string of the molecule is C#CCC(NC)c1cc(Cl)ccc1F. The highest BCUT2D eigenvalue weighted by molar-refractivity contribution is 6.30. The molecule has 3 heteroatoms. The molecular formula is C11H11ClFN. The minimum Gasteiger partial charge on any atom is -0.312 e. The Kier molecular flexibility index (Phi) is 3.94. The summed E-state index contributed by atoms with van der Waals surface area (Å²) in [7, 11) is 1.74. The van der Waals surface area contributed by atoms with Crippen molar-refractivity contribution in [2.45, 2.75) is 12.5 Å². The molecule has 0 fully saturated rings. The highest BCUT2D eigenvalue weighted by Crippen LogP contribution is 2.22. The molecule has 0 aromatic heterocycles. The summed E-state index contributed by atoms with van der Waals surface area (Å²) in [6.07, 6.45) is 5.62. The second-order valence-electron chi connectivity index (χ2n) is 2.92. The molecule has 0 saturated heterocycles. The maximum absolute atomic E-state index is 13.4. The Hall–Kier alpha value is -1.04. The van der Waals surface area contributed by atoms with Gasteiger partial charge in [-0.05, 0) is 25.2 Å². The van der Waals surface area contributed by atoms with Crippen LogP contribution < -0.4 is 5.32 Å². The Morgan fingerprint density at radius 2 is 2.36 bits per heavy atom. The molecule has 0 bridgehead atoms. The van der Waals surface area contributed by atoms with E-state index in [2.05, 4.69) is 11.2 Å². The molecule has 0 radical (unpaired) electrons. The van der Waals surface area contributed by atoms with Gasteiger partial charge in [0.2, 0.25) is 0 Å². The molecule has 1 aromatic carbocycles. The lowest BCUT2D eigenvalue weighted by Crippen LogP contribution is -2.17. The van der Waals surface area contributed by atoms with Crippen LogP contribution in [0.3, 0.4) is 0 Å². The Bertz CT molecular complexity index is 357. The number of terminal acetylenes is 1. The van der Waals surface area contributed by atoms with E-state index in [1.807, 2.05) is 0 Å². The van der Waals surface area contributed by atoms with Crippen LogP contribution in [-0.2, 0) is 0 Å². The fourth-order valence-corrected chi connectivity index (χ4v) is 1.45. The van der Waals surface area contributed by atoms with Crippen molar-refractivity contribution < 1.29 is 4.39 Å². The molecule has 14 heavy (non-hydrogen) atoms. The summed E-state index contributed by atoms with van der Waals surface area (Å²) in [6, 6.07) is 4.27. The fourth-order valence-electron chi connectivity index (χ4n) is 1.27. The first kappa shape index (κ1) is 11.0. The molecule has 0 heterocycles. The van der Waals surface area contributed by atoms with Crippen molar-refractivity contribution in [3.05, 3.63) is 34.6 Å². The lowest BCUT2D eigenvalue weighted by molar-refractivity contribution is 0.544. The fraction of sp³-hybridized carbons (Fsp3) is 0.273. The highest BCUT2D eigenvalue weighted by Gasteiger charge is 2.12. The molecule has 1 nitrogen and oxygen atoms in total. The molecule has 0 amide bonds. The summed E-state index contributed by atoms with van der Waals surface area (Å²) < 4.78 is 13.4. The summed E-state index contributed by atoms with van der Waals surface area (Å²) in [5.74, 6) is 2.20. The van der Waals surface area contributed by atoms with E-state index in [9.17, 15) is 4.39 Å². The molecule has 1 atom stereocenters. The lowest BCUT2D eigenvalue weighted by Gasteiger charge is -2.14. The van der Waals surface area contributed by atoms with Crippen molar-refractivity contribution >= 4 is 11.6 Å². The number of halogens is 2. The van der Waals surface area contributed by atoms with Gasteiger partial charge in [-0.25, -0.2) is 4.39 Å². The number of benzene rings is 1. The van der Waals surface area contributed by atoms with Crippen molar-refractivity contribution in [2.24, 2.45) is 0 Å². The second kappa shape index (κ2) is 4.99. The number of nitrogens with one attached hydrogen (secondary N) is 1. The maximum atomic E-state index is 13.4. The summed E-state index contributed by atoms with van der Waals surface area (Å²) in [4.78, 5) is 0. The zero-order valence-electron chi connectivity index (χ0n) is 7.85. The van der Waals surface area contributed by atoms with Crippen molar-refractivity contribution in [1.82, 2.24) is 5.32 Å². The van der Waals surface area contributed by atoms with Crippen molar-refractivity contribution in [3.63, 3.8) is 0 Å². The molecule has 1 rings (SSSR count). The van der Waals surface area contributed by atoms with Crippen molar-refractivity contribution in [3.8, 4) is 12.3 Å². The topological polar surface area (TPSA) is 12.0 Å². The molecule has 0 saturated carbocycles. The van der Waals surface area contributed by atoms with Crippen LogP contribution in [0, 0.1) is 18.2 Å². The van der Waals surface area contributed by atoms with Gasteiger partial charge in [0.1, 0.15) is 5.82 Å². The Morgan fingerprint density at radius 3 is 2.93 bits per heavy atom. The molecule has 1 unspecified atom stereocenters. The third-order valence-corrected chi connectivity index (χ3v) is 2.24. The minimum atomic E-state index is -0.288. The number of rotatable bonds is 3. The van der Waals surface area contributed by atoms with Crippen LogP contribution in [0.2, 0.25) is 5.02 Å². The number of hydrogen-bond acceptors (Lipinski definition) is 1. The predicted molar refractivity (Wildman–Crippen MR) is 56.7 cm³/mol.